The Hall–Kier alpha value is -3.65. The van der Waals surface area contributed by atoms with Crippen LogP contribution in [0.3, 0.4) is 0 Å². The molecule has 1 fully saturated rings. The number of amides is 3. The molecule has 2 heterocycles. The highest BCUT2D eigenvalue weighted by atomic mass is 16.3. The molecule has 2 aliphatic heterocycles. The van der Waals surface area contributed by atoms with Crippen LogP contribution in [0.25, 0.3) is 0 Å². The van der Waals surface area contributed by atoms with E-state index in [0.717, 1.165) is 29.2 Å². The Morgan fingerprint density at radius 3 is 2.25 bits per heavy atom. The Labute approximate surface area is 186 Å². The van der Waals surface area contributed by atoms with E-state index >= 15 is 0 Å². The number of aryl methyl sites for hydroxylation is 1. The molecule has 0 saturated carbocycles. The van der Waals surface area contributed by atoms with Crippen molar-refractivity contribution in [3.63, 3.8) is 0 Å². The van der Waals surface area contributed by atoms with E-state index in [1.54, 1.807) is 0 Å². The second kappa shape index (κ2) is 9.23. The van der Waals surface area contributed by atoms with Gasteiger partial charge >= 0.3 is 0 Å². The molecule has 0 aliphatic carbocycles. The molecule has 4 rings (SSSR count). The number of benzene rings is 2. The van der Waals surface area contributed by atoms with Crippen molar-refractivity contribution >= 4 is 29.1 Å². The Kier molecular flexibility index (Phi) is 6.23. The third-order valence-electron chi connectivity index (χ3n) is 5.71. The number of hydrogen-bond acceptors (Lipinski definition) is 6. The van der Waals surface area contributed by atoms with Gasteiger partial charge in [0.15, 0.2) is 0 Å². The van der Waals surface area contributed by atoms with Gasteiger partial charge in [0.2, 0.25) is 0 Å². The van der Waals surface area contributed by atoms with E-state index in [-0.39, 0.29) is 24.8 Å². The van der Waals surface area contributed by atoms with Crippen molar-refractivity contribution in [2.45, 2.75) is 6.92 Å². The van der Waals surface area contributed by atoms with Gasteiger partial charge in [-0.05, 0) is 43.3 Å². The first-order valence-corrected chi connectivity index (χ1v) is 10.6. The van der Waals surface area contributed by atoms with Gasteiger partial charge in [-0.1, -0.05) is 17.7 Å². The van der Waals surface area contributed by atoms with E-state index in [9.17, 15) is 14.4 Å². The summed E-state index contributed by atoms with van der Waals surface area (Å²) in [5, 5.41) is 12.0. The summed E-state index contributed by atoms with van der Waals surface area (Å²) in [5.41, 5.74) is 3.76. The third kappa shape index (κ3) is 4.50. The summed E-state index contributed by atoms with van der Waals surface area (Å²) in [6.45, 7) is 4.49. The maximum Gasteiger partial charge on any atom is 0.277 e. The van der Waals surface area contributed by atoms with Crippen molar-refractivity contribution in [3.05, 3.63) is 71.4 Å². The van der Waals surface area contributed by atoms with E-state index < -0.39 is 11.8 Å². The molecule has 0 spiro atoms. The van der Waals surface area contributed by atoms with E-state index in [4.69, 9.17) is 5.11 Å². The smallest absolute Gasteiger partial charge is 0.277 e. The van der Waals surface area contributed by atoms with Gasteiger partial charge in [-0.25, -0.2) is 0 Å². The maximum absolute atomic E-state index is 12.7. The molecule has 3 amide bonds. The summed E-state index contributed by atoms with van der Waals surface area (Å²) >= 11 is 0. The zero-order valence-electron chi connectivity index (χ0n) is 18.0. The molecule has 2 aromatic rings. The highest BCUT2D eigenvalue weighted by Gasteiger charge is 2.30. The monoisotopic (exact) mass is 434 g/mol. The number of carbonyl (C=O) groups excluding carboxylic acids is 3. The first-order chi connectivity index (χ1) is 15.5. The molecule has 8 heteroatoms. The minimum Gasteiger partial charge on any atom is -0.395 e. The predicted octanol–water partition coefficient (Wildman–Crippen LogP) is 1.61. The number of carbonyl (C=O) groups is 3. The maximum atomic E-state index is 12.7. The van der Waals surface area contributed by atoms with Crippen LogP contribution in [0.4, 0.5) is 11.4 Å². The molecule has 0 radical (unpaired) electrons. The summed E-state index contributed by atoms with van der Waals surface area (Å²) in [5.74, 6) is -0.813. The Morgan fingerprint density at radius 2 is 1.62 bits per heavy atom. The van der Waals surface area contributed by atoms with Crippen molar-refractivity contribution in [2.24, 2.45) is 0 Å². The molecule has 2 aliphatic rings. The van der Waals surface area contributed by atoms with Gasteiger partial charge in [0.05, 0.1) is 13.2 Å². The second-order valence-electron chi connectivity index (χ2n) is 7.89. The van der Waals surface area contributed by atoms with Crippen molar-refractivity contribution in [3.8, 4) is 0 Å². The average molecular weight is 434 g/mol. The Balaban J connectivity index is 1.33. The lowest BCUT2D eigenvalue weighted by atomic mass is 10.1. The SMILES string of the molecule is Cc1ccc(C(=O)N2CCN(c3ccc(NC4=CC(=O)N(CCO)C4=O)cc3)CC2)cc1. The van der Waals surface area contributed by atoms with Gasteiger partial charge in [0.25, 0.3) is 17.7 Å². The first-order valence-electron chi connectivity index (χ1n) is 10.6. The lowest BCUT2D eigenvalue weighted by Crippen LogP contribution is -2.48. The van der Waals surface area contributed by atoms with E-state index in [1.165, 1.54) is 6.08 Å². The van der Waals surface area contributed by atoms with Gasteiger partial charge in [0, 0.05) is 49.2 Å². The predicted molar refractivity (Wildman–Crippen MR) is 121 cm³/mol. The molecule has 1 saturated heterocycles. The summed E-state index contributed by atoms with van der Waals surface area (Å²) < 4.78 is 0. The lowest BCUT2D eigenvalue weighted by Gasteiger charge is -2.36. The molecular formula is C24H26N4O4. The molecule has 0 atom stereocenters. The van der Waals surface area contributed by atoms with E-state index in [1.807, 2.05) is 60.4 Å². The number of rotatable bonds is 6. The highest BCUT2D eigenvalue weighted by Crippen LogP contribution is 2.22. The number of anilines is 2. The minimum absolute atomic E-state index is 0.0172. The number of aliphatic hydroxyl groups excluding tert-OH is 1. The Bertz CT molecular complexity index is 1040. The Morgan fingerprint density at radius 1 is 0.969 bits per heavy atom. The fraction of sp³-hybridized carbons (Fsp3) is 0.292. The number of aliphatic hydroxyl groups is 1. The van der Waals surface area contributed by atoms with Gasteiger partial charge in [0.1, 0.15) is 5.70 Å². The van der Waals surface area contributed by atoms with E-state index in [0.29, 0.717) is 24.3 Å². The van der Waals surface area contributed by atoms with Crippen molar-refractivity contribution in [1.29, 1.82) is 0 Å². The summed E-state index contributed by atoms with van der Waals surface area (Å²) in [7, 11) is 0. The molecule has 2 N–H and O–H groups in total. The minimum atomic E-state index is -0.442. The van der Waals surface area contributed by atoms with Gasteiger partial charge < -0.3 is 20.2 Å². The van der Waals surface area contributed by atoms with Crippen LogP contribution in [0.2, 0.25) is 0 Å². The topological polar surface area (TPSA) is 93.2 Å². The normalized spacial score (nSPS) is 16.4. The summed E-state index contributed by atoms with van der Waals surface area (Å²) in [6, 6.07) is 15.3. The summed E-state index contributed by atoms with van der Waals surface area (Å²) in [4.78, 5) is 41.9. The molecule has 166 valence electrons. The third-order valence-corrected chi connectivity index (χ3v) is 5.71. The molecule has 0 bridgehead atoms. The van der Waals surface area contributed by atoms with Crippen molar-refractivity contribution in [2.75, 3.05) is 49.5 Å². The zero-order chi connectivity index (χ0) is 22.7. The van der Waals surface area contributed by atoms with Crippen LogP contribution in [0, 0.1) is 6.92 Å². The van der Waals surface area contributed by atoms with Crippen molar-refractivity contribution in [1.82, 2.24) is 9.80 Å². The number of β-amino-alcohol motifs (C(OH)–C–C–N with tert-alkyl or cyclic N) is 1. The largest absolute Gasteiger partial charge is 0.395 e. The van der Waals surface area contributed by atoms with Crippen molar-refractivity contribution < 1.29 is 19.5 Å². The molecule has 32 heavy (non-hydrogen) atoms. The first kappa shape index (κ1) is 21.6. The fourth-order valence-corrected chi connectivity index (χ4v) is 3.87. The van der Waals surface area contributed by atoms with Crippen LogP contribution < -0.4 is 10.2 Å². The number of piperazine rings is 1. The number of nitrogens with zero attached hydrogens (tertiary/aromatic N) is 3. The van der Waals surface area contributed by atoms with Crippen LogP contribution in [0.15, 0.2) is 60.3 Å². The second-order valence-corrected chi connectivity index (χ2v) is 7.89. The van der Waals surface area contributed by atoms with Gasteiger partial charge in [-0.15, -0.1) is 0 Å². The number of nitrogens with one attached hydrogen (secondary N) is 1. The van der Waals surface area contributed by atoms with E-state index in [2.05, 4.69) is 10.2 Å². The van der Waals surface area contributed by atoms with Crippen LogP contribution in [0.5, 0.6) is 0 Å². The molecular weight excluding hydrogens is 408 g/mol. The standard InChI is InChI=1S/C24H26N4O4/c1-17-2-4-18(5-3-17)23(31)27-12-10-26(11-13-27)20-8-6-19(7-9-20)25-21-16-22(30)28(14-15-29)24(21)32/h2-9,16,25,29H,10-15H2,1H3. The number of hydrogen-bond donors (Lipinski definition) is 2. The summed E-state index contributed by atoms with van der Waals surface area (Å²) in [6.07, 6.45) is 1.25. The lowest BCUT2D eigenvalue weighted by molar-refractivity contribution is -0.137. The van der Waals surface area contributed by atoms with Gasteiger partial charge in [-0.2, -0.15) is 0 Å². The molecule has 0 aromatic heterocycles. The average Bonchev–Trinajstić information content (AvgIpc) is 3.07. The molecule has 0 unspecified atom stereocenters. The van der Waals surface area contributed by atoms with Crippen LogP contribution in [0.1, 0.15) is 15.9 Å². The molecule has 8 nitrogen and oxygen atoms in total. The fourth-order valence-electron chi connectivity index (χ4n) is 3.87. The van der Waals surface area contributed by atoms with Crippen LogP contribution in [-0.4, -0.2) is 72.0 Å². The quantitative estimate of drug-likeness (QED) is 0.671. The number of imide groups is 1. The zero-order valence-corrected chi connectivity index (χ0v) is 18.0. The van der Waals surface area contributed by atoms with Gasteiger partial charge in [-0.3, -0.25) is 19.3 Å². The highest BCUT2D eigenvalue weighted by molar-refractivity contribution is 6.17. The molecule has 2 aromatic carbocycles. The van der Waals surface area contributed by atoms with Crippen LogP contribution in [-0.2, 0) is 9.59 Å². The van der Waals surface area contributed by atoms with Crippen LogP contribution >= 0.6 is 0 Å².